The fraction of sp³-hybridized carbons (Fsp3) is 0.689. The molecule has 0 spiro atoms. The Morgan fingerprint density at radius 2 is 1.05 bits per heavy atom. The van der Waals surface area contributed by atoms with Crippen molar-refractivity contribution in [3.8, 4) is 0 Å². The number of amides is 1. The molecule has 0 aliphatic carbocycles. The Morgan fingerprint density at radius 1 is 0.582 bits per heavy atom. The number of hydrogen-bond donors (Lipinski definition) is 3. The van der Waals surface area contributed by atoms with Gasteiger partial charge in [-0.3, -0.25) is 18.6 Å². The molecule has 0 aromatic rings. The molecule has 0 radical (unpaired) electrons. The number of ether oxygens (including phenoxy) is 1. The van der Waals surface area contributed by atoms with Gasteiger partial charge in [-0.15, -0.1) is 0 Å². The van der Waals surface area contributed by atoms with Crippen LogP contribution >= 0.6 is 7.82 Å². The van der Waals surface area contributed by atoms with Gasteiger partial charge in [0.05, 0.1) is 13.2 Å². The summed E-state index contributed by atoms with van der Waals surface area (Å²) >= 11 is 0. The van der Waals surface area contributed by atoms with Crippen LogP contribution in [-0.4, -0.2) is 54.3 Å². The minimum absolute atomic E-state index is 0.0694. The predicted octanol–water partition coefficient (Wildman–Crippen LogP) is 11.9. The van der Waals surface area contributed by atoms with Crippen LogP contribution in [0.3, 0.4) is 0 Å². The zero-order valence-corrected chi connectivity index (χ0v) is 35.5. The van der Waals surface area contributed by atoms with Crippen LogP contribution < -0.4 is 5.32 Å². The third-order valence-corrected chi connectivity index (χ3v) is 9.60. The summed E-state index contributed by atoms with van der Waals surface area (Å²) in [5.41, 5.74) is 0. The lowest BCUT2D eigenvalue weighted by atomic mass is 10.1. The monoisotopic (exact) mass is 792 g/mol. The predicted molar refractivity (Wildman–Crippen MR) is 229 cm³/mol. The van der Waals surface area contributed by atoms with Crippen molar-refractivity contribution < 1.29 is 37.9 Å². The van der Waals surface area contributed by atoms with Crippen LogP contribution in [0.5, 0.6) is 0 Å². The Balaban J connectivity index is 3.70. The molecule has 2 unspecified atom stereocenters. The average Bonchev–Trinajstić information content (AvgIpc) is 3.17. The van der Waals surface area contributed by atoms with Gasteiger partial charge in [-0.25, -0.2) is 4.57 Å². The summed E-state index contributed by atoms with van der Waals surface area (Å²) < 4.78 is 26.8. The van der Waals surface area contributed by atoms with Gasteiger partial charge >= 0.3 is 13.8 Å². The number of esters is 1. The average molecular weight is 792 g/mol. The van der Waals surface area contributed by atoms with E-state index in [4.69, 9.17) is 13.8 Å². The first-order valence-electron chi connectivity index (χ1n) is 21.4. The van der Waals surface area contributed by atoms with Gasteiger partial charge in [0, 0.05) is 19.4 Å². The van der Waals surface area contributed by atoms with Gasteiger partial charge < -0.3 is 20.1 Å². The van der Waals surface area contributed by atoms with Crippen molar-refractivity contribution in [3.05, 3.63) is 72.9 Å². The first-order chi connectivity index (χ1) is 26.8. The molecule has 0 rings (SSSR count). The molecule has 0 fully saturated rings. The Kier molecular flexibility index (Phi) is 39.2. The summed E-state index contributed by atoms with van der Waals surface area (Å²) in [6.07, 6.45) is 49.8. The molecule has 10 heteroatoms. The summed E-state index contributed by atoms with van der Waals surface area (Å²) in [5.74, 6) is -0.585. The van der Waals surface area contributed by atoms with Gasteiger partial charge in [0.15, 0.2) is 0 Å². The van der Waals surface area contributed by atoms with Gasteiger partial charge in [0.1, 0.15) is 12.7 Å². The number of nitrogens with one attached hydrogen (secondary N) is 1. The third-order valence-electron chi connectivity index (χ3n) is 8.62. The number of hydrogen-bond acceptors (Lipinski definition) is 7. The molecule has 0 aromatic heterocycles. The minimum atomic E-state index is -4.43. The lowest BCUT2D eigenvalue weighted by Crippen LogP contribution is -2.27. The van der Waals surface area contributed by atoms with E-state index in [2.05, 4.69) is 86.0 Å². The van der Waals surface area contributed by atoms with Crippen molar-refractivity contribution in [2.75, 3.05) is 26.4 Å². The maximum atomic E-state index is 12.1. The van der Waals surface area contributed by atoms with E-state index in [9.17, 15) is 24.2 Å². The topological polar surface area (TPSA) is 131 Å². The molecule has 0 aromatic carbocycles. The Hall–Kier alpha value is -2.55. The molecule has 0 saturated heterocycles. The quantitative estimate of drug-likeness (QED) is 0.0243. The van der Waals surface area contributed by atoms with E-state index in [1.807, 2.05) is 6.08 Å². The number of phosphoric acid groups is 1. The van der Waals surface area contributed by atoms with Crippen molar-refractivity contribution in [2.45, 2.75) is 174 Å². The van der Waals surface area contributed by atoms with Crippen LogP contribution in [0.2, 0.25) is 0 Å². The van der Waals surface area contributed by atoms with Crippen molar-refractivity contribution in [1.29, 1.82) is 0 Å². The summed E-state index contributed by atoms with van der Waals surface area (Å²) in [6.45, 7) is 3.35. The van der Waals surface area contributed by atoms with Gasteiger partial charge in [-0.1, -0.05) is 151 Å². The highest BCUT2D eigenvalue weighted by molar-refractivity contribution is 7.47. The van der Waals surface area contributed by atoms with E-state index in [-0.39, 0.29) is 32.1 Å². The molecule has 9 nitrogen and oxygen atoms in total. The number of aliphatic hydroxyl groups is 1. The second-order valence-corrected chi connectivity index (χ2v) is 15.4. The van der Waals surface area contributed by atoms with Crippen LogP contribution in [0.1, 0.15) is 168 Å². The highest BCUT2D eigenvalue weighted by Crippen LogP contribution is 2.42. The van der Waals surface area contributed by atoms with Gasteiger partial charge in [-0.2, -0.15) is 0 Å². The number of phosphoric ester groups is 1. The largest absolute Gasteiger partial charge is 0.472 e. The standard InChI is InChI=1S/C45H78NO8P/c1-3-5-7-9-11-13-15-17-19-21-23-25-27-29-31-33-35-37-44(48)46-39-40-53-55(50,51)54-42-43(47)41-52-45(49)38-36-34-32-30-28-26-24-22-20-18-16-14-12-10-8-6-4-2/h6,8,12,14,17-20,24,26,30,32,43,47H,3-5,7,9-11,13,15-16,21-23,25,27-29,31,33-42H2,1-2H3,(H,46,48)(H,50,51)/b8-6-,14-12-,19-17-,20-18-,26-24-,32-30-. The van der Waals surface area contributed by atoms with Gasteiger partial charge in [0.2, 0.25) is 5.91 Å². The fourth-order valence-corrected chi connectivity index (χ4v) is 6.17. The molecule has 316 valence electrons. The molecule has 3 N–H and O–H groups in total. The third kappa shape index (κ3) is 42.4. The van der Waals surface area contributed by atoms with Crippen LogP contribution in [0.4, 0.5) is 0 Å². The van der Waals surface area contributed by atoms with E-state index in [1.165, 1.54) is 77.0 Å². The Bertz CT molecular complexity index is 1130. The van der Waals surface area contributed by atoms with Crippen LogP contribution in [0.15, 0.2) is 72.9 Å². The molecule has 2 atom stereocenters. The summed E-state index contributed by atoms with van der Waals surface area (Å²) in [5, 5.41) is 12.7. The van der Waals surface area contributed by atoms with E-state index < -0.39 is 26.5 Å². The molecule has 1 amide bonds. The molecule has 0 bridgehead atoms. The van der Waals surface area contributed by atoms with Crippen LogP contribution in [-0.2, 0) is 27.9 Å². The maximum absolute atomic E-state index is 12.1. The first-order valence-corrected chi connectivity index (χ1v) is 22.9. The lowest BCUT2D eigenvalue weighted by Gasteiger charge is -2.15. The Labute approximate surface area is 335 Å². The number of allylic oxidation sites excluding steroid dienone is 12. The molecule has 0 heterocycles. The summed E-state index contributed by atoms with van der Waals surface area (Å²) in [6, 6.07) is 0. The molecule has 55 heavy (non-hydrogen) atoms. The van der Waals surface area contributed by atoms with Gasteiger partial charge in [0.25, 0.3) is 0 Å². The molecular weight excluding hydrogens is 713 g/mol. The smallest absolute Gasteiger partial charge is 0.463 e. The van der Waals surface area contributed by atoms with E-state index in [0.29, 0.717) is 12.8 Å². The van der Waals surface area contributed by atoms with E-state index >= 15 is 0 Å². The molecular formula is C45H78NO8P. The number of carbonyl (C=O) groups is 2. The highest BCUT2D eigenvalue weighted by atomic mass is 31.2. The first kappa shape index (κ1) is 52.5. The molecule has 0 saturated carbocycles. The molecule has 0 aliphatic heterocycles. The lowest BCUT2D eigenvalue weighted by molar-refractivity contribution is -0.147. The van der Waals surface area contributed by atoms with Crippen LogP contribution in [0, 0.1) is 0 Å². The molecule has 0 aliphatic rings. The van der Waals surface area contributed by atoms with E-state index in [0.717, 1.165) is 57.8 Å². The minimum Gasteiger partial charge on any atom is -0.463 e. The van der Waals surface area contributed by atoms with Crippen molar-refractivity contribution in [2.24, 2.45) is 0 Å². The summed E-state index contributed by atoms with van der Waals surface area (Å²) in [4.78, 5) is 33.9. The SMILES string of the molecule is CC/C=C\C/C=C\C/C=C\C/C=C\C/C=C\CCCC(=O)OCC(O)COP(=O)(O)OCCNC(=O)CCCCCCCCC/C=C\CCCCCCCC. The van der Waals surface area contributed by atoms with E-state index in [1.54, 1.807) is 0 Å². The second-order valence-electron chi connectivity index (χ2n) is 13.9. The fourth-order valence-electron chi connectivity index (χ4n) is 5.41. The summed E-state index contributed by atoms with van der Waals surface area (Å²) in [7, 11) is -4.43. The zero-order chi connectivity index (χ0) is 40.3. The normalized spacial score (nSPS) is 14.0. The number of rotatable bonds is 39. The zero-order valence-electron chi connectivity index (χ0n) is 34.6. The number of aliphatic hydroxyl groups excluding tert-OH is 1. The number of unbranched alkanes of at least 4 members (excludes halogenated alkanes) is 14. The van der Waals surface area contributed by atoms with Crippen molar-refractivity contribution in [1.82, 2.24) is 5.32 Å². The highest BCUT2D eigenvalue weighted by Gasteiger charge is 2.23. The maximum Gasteiger partial charge on any atom is 0.472 e. The van der Waals surface area contributed by atoms with Crippen LogP contribution in [0.25, 0.3) is 0 Å². The second kappa shape index (κ2) is 41.1. The van der Waals surface area contributed by atoms with Crippen molar-refractivity contribution >= 4 is 19.7 Å². The number of carbonyl (C=O) groups excluding carboxylic acids is 2. The van der Waals surface area contributed by atoms with Crippen molar-refractivity contribution in [3.63, 3.8) is 0 Å². The Morgan fingerprint density at radius 3 is 1.62 bits per heavy atom. The van der Waals surface area contributed by atoms with Gasteiger partial charge in [-0.05, 0) is 77.0 Å².